The Balaban J connectivity index is 2.28. The minimum absolute atomic E-state index is 0.0803. The zero-order chi connectivity index (χ0) is 12.1. The molecule has 0 aliphatic rings. The second kappa shape index (κ2) is 5.96. The van der Waals surface area contributed by atoms with Gasteiger partial charge in [-0.15, -0.1) is 11.3 Å². The largest absolute Gasteiger partial charge is 0.354 e. The smallest absolute Gasteiger partial charge is 0.237 e. The molecule has 90 valence electrons. The first-order valence-electron chi connectivity index (χ1n) is 5.45. The van der Waals surface area contributed by atoms with Crippen LogP contribution in [-0.4, -0.2) is 23.5 Å². The Hall–Kier alpha value is -0.940. The van der Waals surface area contributed by atoms with Crippen LogP contribution in [0.25, 0.3) is 0 Å². The van der Waals surface area contributed by atoms with Gasteiger partial charge in [-0.2, -0.15) is 0 Å². The highest BCUT2D eigenvalue weighted by atomic mass is 32.1. The van der Waals surface area contributed by atoms with Crippen molar-refractivity contribution in [3.8, 4) is 0 Å². The number of thiazole rings is 1. The third-order valence-corrected chi connectivity index (χ3v) is 3.35. The van der Waals surface area contributed by atoms with Gasteiger partial charge in [0.1, 0.15) is 0 Å². The van der Waals surface area contributed by atoms with E-state index >= 15 is 0 Å². The van der Waals surface area contributed by atoms with Crippen LogP contribution in [0.3, 0.4) is 0 Å². The molecule has 16 heavy (non-hydrogen) atoms. The summed E-state index contributed by atoms with van der Waals surface area (Å²) >= 11 is 1.62. The molecule has 1 amide bonds. The molecule has 5 heteroatoms. The lowest BCUT2D eigenvalue weighted by molar-refractivity contribution is -0.123. The van der Waals surface area contributed by atoms with Crippen molar-refractivity contribution in [1.82, 2.24) is 10.3 Å². The molecule has 3 N–H and O–H groups in total. The summed E-state index contributed by atoms with van der Waals surface area (Å²) in [6, 6.07) is -0.418. The summed E-state index contributed by atoms with van der Waals surface area (Å²) in [7, 11) is 0. The highest BCUT2D eigenvalue weighted by molar-refractivity contribution is 7.09. The van der Waals surface area contributed by atoms with E-state index in [1.165, 1.54) is 0 Å². The molecule has 0 aliphatic carbocycles. The summed E-state index contributed by atoms with van der Waals surface area (Å²) in [4.78, 5) is 15.9. The van der Waals surface area contributed by atoms with Crippen LogP contribution in [0.15, 0.2) is 5.38 Å². The molecular weight excluding hydrogens is 222 g/mol. The van der Waals surface area contributed by atoms with Gasteiger partial charge >= 0.3 is 0 Å². The van der Waals surface area contributed by atoms with Crippen molar-refractivity contribution in [3.63, 3.8) is 0 Å². The number of nitrogens with two attached hydrogens (primary N) is 1. The van der Waals surface area contributed by atoms with Crippen molar-refractivity contribution in [2.45, 2.75) is 33.2 Å². The van der Waals surface area contributed by atoms with Crippen LogP contribution in [0, 0.1) is 12.8 Å². The van der Waals surface area contributed by atoms with Crippen molar-refractivity contribution in [2.24, 2.45) is 11.7 Å². The van der Waals surface area contributed by atoms with Crippen molar-refractivity contribution in [2.75, 3.05) is 6.54 Å². The Morgan fingerprint density at radius 2 is 2.31 bits per heavy atom. The average molecular weight is 241 g/mol. The lowest BCUT2D eigenvalue weighted by Gasteiger charge is -2.14. The van der Waals surface area contributed by atoms with E-state index in [2.05, 4.69) is 10.3 Å². The van der Waals surface area contributed by atoms with E-state index in [0.29, 0.717) is 6.54 Å². The van der Waals surface area contributed by atoms with Gasteiger partial charge in [0.05, 0.1) is 11.0 Å². The number of nitrogens with zero attached hydrogens (tertiary/aromatic N) is 1. The van der Waals surface area contributed by atoms with E-state index in [1.54, 1.807) is 11.3 Å². The van der Waals surface area contributed by atoms with Gasteiger partial charge in [-0.05, 0) is 12.8 Å². The predicted molar refractivity (Wildman–Crippen MR) is 66.4 cm³/mol. The predicted octanol–water partition coefficient (Wildman–Crippen LogP) is 1.09. The minimum Gasteiger partial charge on any atom is -0.354 e. The second-order valence-electron chi connectivity index (χ2n) is 4.19. The standard InChI is InChI=1S/C11H19N3OS/c1-7(2)10(12)11(15)13-5-4-9-14-8(3)6-16-9/h6-7,10H,4-5,12H2,1-3H3,(H,13,15)/t10-/m0/s1. The van der Waals surface area contributed by atoms with E-state index in [-0.39, 0.29) is 11.8 Å². The Morgan fingerprint density at radius 3 is 2.81 bits per heavy atom. The first-order valence-corrected chi connectivity index (χ1v) is 6.33. The van der Waals surface area contributed by atoms with Crippen LogP contribution in [0.1, 0.15) is 24.5 Å². The minimum atomic E-state index is -0.418. The van der Waals surface area contributed by atoms with Crippen LogP contribution in [-0.2, 0) is 11.2 Å². The molecule has 0 saturated carbocycles. The van der Waals surface area contributed by atoms with Crippen LogP contribution in [0.5, 0.6) is 0 Å². The van der Waals surface area contributed by atoms with Crippen molar-refractivity contribution in [1.29, 1.82) is 0 Å². The van der Waals surface area contributed by atoms with Crippen LogP contribution in [0.2, 0.25) is 0 Å². The molecule has 0 aromatic carbocycles. The number of aryl methyl sites for hydroxylation is 1. The molecule has 0 spiro atoms. The fourth-order valence-electron chi connectivity index (χ4n) is 1.23. The van der Waals surface area contributed by atoms with Crippen LogP contribution in [0.4, 0.5) is 0 Å². The Kier molecular flexibility index (Phi) is 4.89. The zero-order valence-electron chi connectivity index (χ0n) is 9.99. The van der Waals surface area contributed by atoms with E-state index in [9.17, 15) is 4.79 Å². The topological polar surface area (TPSA) is 68.0 Å². The van der Waals surface area contributed by atoms with Gasteiger partial charge in [0.15, 0.2) is 0 Å². The summed E-state index contributed by atoms with van der Waals surface area (Å²) < 4.78 is 0. The summed E-state index contributed by atoms with van der Waals surface area (Å²) in [5.74, 6) is 0.0883. The number of aromatic nitrogens is 1. The molecule has 0 radical (unpaired) electrons. The van der Waals surface area contributed by atoms with Crippen molar-refractivity contribution >= 4 is 17.2 Å². The van der Waals surface area contributed by atoms with Gasteiger partial charge in [0, 0.05) is 24.0 Å². The third kappa shape index (κ3) is 3.90. The van der Waals surface area contributed by atoms with Crippen LogP contribution >= 0.6 is 11.3 Å². The number of carbonyl (C=O) groups is 1. The first-order chi connectivity index (χ1) is 7.50. The molecule has 1 aromatic rings. The van der Waals surface area contributed by atoms with Crippen molar-refractivity contribution in [3.05, 3.63) is 16.1 Å². The molecule has 1 atom stereocenters. The Labute approximate surface area is 100 Å². The maximum atomic E-state index is 11.5. The highest BCUT2D eigenvalue weighted by Crippen LogP contribution is 2.08. The lowest BCUT2D eigenvalue weighted by atomic mass is 10.1. The van der Waals surface area contributed by atoms with E-state index in [1.807, 2.05) is 26.2 Å². The summed E-state index contributed by atoms with van der Waals surface area (Å²) in [6.07, 6.45) is 0.773. The fraction of sp³-hybridized carbons (Fsp3) is 0.636. The Morgan fingerprint density at radius 1 is 1.62 bits per heavy atom. The van der Waals surface area contributed by atoms with Crippen molar-refractivity contribution < 1.29 is 4.79 Å². The molecule has 0 bridgehead atoms. The Bertz CT molecular complexity index is 349. The van der Waals surface area contributed by atoms with Gasteiger partial charge < -0.3 is 11.1 Å². The average Bonchev–Trinajstić information content (AvgIpc) is 2.62. The molecule has 4 nitrogen and oxygen atoms in total. The van der Waals surface area contributed by atoms with Gasteiger partial charge in [-0.3, -0.25) is 4.79 Å². The lowest BCUT2D eigenvalue weighted by Crippen LogP contribution is -2.44. The normalized spacial score (nSPS) is 12.8. The molecule has 1 heterocycles. The summed E-state index contributed by atoms with van der Waals surface area (Å²) in [6.45, 7) is 6.45. The molecule has 1 rings (SSSR count). The molecule has 0 fully saturated rings. The monoisotopic (exact) mass is 241 g/mol. The number of hydrogen-bond donors (Lipinski definition) is 2. The number of hydrogen-bond acceptors (Lipinski definition) is 4. The molecular formula is C11H19N3OS. The number of rotatable bonds is 5. The summed E-state index contributed by atoms with van der Waals surface area (Å²) in [5, 5.41) is 5.89. The maximum Gasteiger partial charge on any atom is 0.237 e. The van der Waals surface area contributed by atoms with Gasteiger partial charge in [-0.25, -0.2) is 4.98 Å². The van der Waals surface area contributed by atoms with Gasteiger partial charge in [0.25, 0.3) is 0 Å². The SMILES string of the molecule is Cc1csc(CCNC(=O)[C@@H](N)C(C)C)n1. The quantitative estimate of drug-likeness (QED) is 0.811. The highest BCUT2D eigenvalue weighted by Gasteiger charge is 2.16. The molecule has 1 aromatic heterocycles. The molecule has 0 aliphatic heterocycles. The van der Waals surface area contributed by atoms with Gasteiger partial charge in [0.2, 0.25) is 5.91 Å². The molecule has 0 unspecified atom stereocenters. The van der Waals surface area contributed by atoms with E-state index in [0.717, 1.165) is 17.1 Å². The number of nitrogens with one attached hydrogen (secondary N) is 1. The number of amides is 1. The van der Waals surface area contributed by atoms with Crippen LogP contribution < -0.4 is 11.1 Å². The second-order valence-corrected chi connectivity index (χ2v) is 5.14. The first kappa shape index (κ1) is 13.1. The summed E-state index contributed by atoms with van der Waals surface area (Å²) in [5.41, 5.74) is 6.75. The van der Waals surface area contributed by atoms with E-state index in [4.69, 9.17) is 5.73 Å². The molecule has 0 saturated heterocycles. The third-order valence-electron chi connectivity index (χ3n) is 2.33. The zero-order valence-corrected chi connectivity index (χ0v) is 10.8. The van der Waals surface area contributed by atoms with E-state index < -0.39 is 6.04 Å². The maximum absolute atomic E-state index is 11.5. The fourth-order valence-corrected chi connectivity index (χ4v) is 2.01. The number of carbonyl (C=O) groups excluding carboxylic acids is 1. The van der Waals surface area contributed by atoms with Gasteiger partial charge in [-0.1, -0.05) is 13.8 Å².